The maximum absolute atomic E-state index is 11.8. The first kappa shape index (κ1) is 9.00. The molecule has 0 heterocycles. The molecule has 0 aromatic rings. The highest BCUT2D eigenvalue weighted by molar-refractivity contribution is 5.81. The van der Waals surface area contributed by atoms with E-state index in [1.165, 1.54) is 12.8 Å². The van der Waals surface area contributed by atoms with E-state index in [0.717, 1.165) is 25.8 Å². The molecule has 0 radical (unpaired) electrons. The van der Waals surface area contributed by atoms with Crippen molar-refractivity contribution in [3.63, 3.8) is 0 Å². The van der Waals surface area contributed by atoms with E-state index in [-0.39, 0.29) is 0 Å². The van der Waals surface area contributed by atoms with Crippen LogP contribution in [0, 0.1) is 5.92 Å². The molecule has 0 bridgehead atoms. The number of amides is 1. The lowest BCUT2D eigenvalue weighted by Gasteiger charge is -2.21. The maximum Gasteiger partial charge on any atom is 0.225 e. The summed E-state index contributed by atoms with van der Waals surface area (Å²) in [5.74, 6) is 0.773. The van der Waals surface area contributed by atoms with Gasteiger partial charge in [-0.2, -0.15) is 0 Å². The Hall–Kier alpha value is -0.570. The molecule has 0 saturated heterocycles. The second-order valence-corrected chi connectivity index (χ2v) is 4.18. The molecule has 3 nitrogen and oxygen atoms in total. The summed E-state index contributed by atoms with van der Waals surface area (Å²) in [6, 6.07) is 0.569. The number of hydrogen-bond donors (Lipinski definition) is 1. The maximum atomic E-state index is 11.8. The summed E-state index contributed by atoms with van der Waals surface area (Å²) in [6.45, 7) is 1.58. The summed E-state index contributed by atoms with van der Waals surface area (Å²) >= 11 is 0. The van der Waals surface area contributed by atoms with Crippen LogP contribution in [0.3, 0.4) is 0 Å². The van der Waals surface area contributed by atoms with Gasteiger partial charge in [0.1, 0.15) is 0 Å². The predicted octanol–water partition coefficient (Wildman–Crippen LogP) is 0.736. The molecule has 74 valence electrons. The van der Waals surface area contributed by atoms with Crippen LogP contribution in [0.2, 0.25) is 0 Å². The molecule has 2 aliphatic carbocycles. The second kappa shape index (κ2) is 3.66. The topological polar surface area (TPSA) is 46.3 Å². The van der Waals surface area contributed by atoms with Gasteiger partial charge in [0.05, 0.1) is 0 Å². The Bertz CT molecular complexity index is 197. The van der Waals surface area contributed by atoms with Crippen molar-refractivity contribution < 1.29 is 4.79 Å². The number of rotatable bonds is 5. The van der Waals surface area contributed by atoms with Gasteiger partial charge in [0.15, 0.2) is 0 Å². The summed E-state index contributed by atoms with van der Waals surface area (Å²) < 4.78 is 0. The second-order valence-electron chi connectivity index (χ2n) is 4.18. The fourth-order valence-electron chi connectivity index (χ4n) is 1.69. The lowest BCUT2D eigenvalue weighted by molar-refractivity contribution is -0.133. The van der Waals surface area contributed by atoms with Gasteiger partial charge in [-0.15, -0.1) is 0 Å². The van der Waals surface area contributed by atoms with Gasteiger partial charge in [-0.1, -0.05) is 0 Å². The molecule has 13 heavy (non-hydrogen) atoms. The van der Waals surface area contributed by atoms with Gasteiger partial charge in [-0.05, 0) is 38.6 Å². The zero-order valence-electron chi connectivity index (χ0n) is 8.04. The molecule has 2 rings (SSSR count). The smallest absolute Gasteiger partial charge is 0.225 e. The van der Waals surface area contributed by atoms with Crippen molar-refractivity contribution in [1.29, 1.82) is 0 Å². The fraction of sp³-hybridized carbons (Fsp3) is 0.900. The average molecular weight is 182 g/mol. The van der Waals surface area contributed by atoms with Crippen LogP contribution in [0.25, 0.3) is 0 Å². The Morgan fingerprint density at radius 2 is 2.00 bits per heavy atom. The van der Waals surface area contributed by atoms with Crippen LogP contribution in [0.1, 0.15) is 32.1 Å². The number of carbonyl (C=O) groups excluding carboxylic acids is 1. The van der Waals surface area contributed by atoms with Crippen molar-refractivity contribution in [3.05, 3.63) is 0 Å². The van der Waals surface area contributed by atoms with E-state index in [4.69, 9.17) is 5.73 Å². The molecule has 2 fully saturated rings. The van der Waals surface area contributed by atoms with Gasteiger partial charge in [0.2, 0.25) is 5.91 Å². The third-order valence-corrected chi connectivity index (χ3v) is 2.80. The minimum Gasteiger partial charge on any atom is -0.339 e. The summed E-state index contributed by atoms with van der Waals surface area (Å²) in [4.78, 5) is 13.9. The highest BCUT2D eigenvalue weighted by Gasteiger charge is 2.39. The Morgan fingerprint density at radius 3 is 2.46 bits per heavy atom. The summed E-state index contributed by atoms with van der Waals surface area (Å²) in [7, 11) is 0. The molecule has 0 unspecified atom stereocenters. The Morgan fingerprint density at radius 1 is 1.31 bits per heavy atom. The number of carbonyl (C=O) groups is 1. The van der Waals surface area contributed by atoms with Gasteiger partial charge in [-0.3, -0.25) is 4.79 Å². The standard InChI is InChI=1S/C10H18N2O/c11-6-1-7-12(9-4-5-9)10(13)8-2-3-8/h8-9H,1-7,11H2. The molecule has 0 aromatic heterocycles. The van der Waals surface area contributed by atoms with E-state index in [1.54, 1.807) is 0 Å². The summed E-state index contributed by atoms with van der Waals surface area (Å²) in [5, 5.41) is 0. The van der Waals surface area contributed by atoms with E-state index in [1.807, 2.05) is 0 Å². The zero-order valence-corrected chi connectivity index (χ0v) is 8.04. The molecule has 0 aromatic carbocycles. The lowest BCUT2D eigenvalue weighted by Crippen LogP contribution is -2.35. The summed E-state index contributed by atoms with van der Waals surface area (Å²) in [6.07, 6.45) is 5.61. The fourth-order valence-corrected chi connectivity index (χ4v) is 1.69. The monoisotopic (exact) mass is 182 g/mol. The first-order valence-corrected chi connectivity index (χ1v) is 5.33. The van der Waals surface area contributed by atoms with E-state index < -0.39 is 0 Å². The SMILES string of the molecule is NCCCN(C(=O)C1CC1)C1CC1. The summed E-state index contributed by atoms with van der Waals surface area (Å²) in [5.41, 5.74) is 5.45. The van der Waals surface area contributed by atoms with Crippen LogP contribution in [0.15, 0.2) is 0 Å². The van der Waals surface area contributed by atoms with E-state index in [0.29, 0.717) is 24.4 Å². The quantitative estimate of drug-likeness (QED) is 0.681. The number of hydrogen-bond acceptors (Lipinski definition) is 2. The zero-order chi connectivity index (χ0) is 9.26. The van der Waals surface area contributed by atoms with E-state index >= 15 is 0 Å². The molecule has 0 spiro atoms. The largest absolute Gasteiger partial charge is 0.339 e. The van der Waals surface area contributed by atoms with E-state index in [9.17, 15) is 4.79 Å². The van der Waals surface area contributed by atoms with Crippen LogP contribution >= 0.6 is 0 Å². The third kappa shape index (κ3) is 2.21. The van der Waals surface area contributed by atoms with Gasteiger partial charge in [0, 0.05) is 18.5 Å². The molecule has 2 aliphatic rings. The molecule has 2 N–H and O–H groups in total. The Balaban J connectivity index is 1.83. The normalized spacial score (nSPS) is 21.6. The van der Waals surface area contributed by atoms with Crippen LogP contribution < -0.4 is 5.73 Å². The average Bonchev–Trinajstić information content (AvgIpc) is 2.98. The Labute approximate surface area is 79.3 Å². The van der Waals surface area contributed by atoms with Gasteiger partial charge < -0.3 is 10.6 Å². The van der Waals surface area contributed by atoms with Crippen molar-refractivity contribution in [2.24, 2.45) is 11.7 Å². The highest BCUT2D eigenvalue weighted by Crippen LogP contribution is 2.35. The highest BCUT2D eigenvalue weighted by atomic mass is 16.2. The van der Waals surface area contributed by atoms with Crippen molar-refractivity contribution >= 4 is 5.91 Å². The molecular weight excluding hydrogens is 164 g/mol. The molecule has 0 aliphatic heterocycles. The first-order chi connectivity index (χ1) is 6.33. The molecule has 2 saturated carbocycles. The van der Waals surface area contributed by atoms with Crippen molar-refractivity contribution in [3.8, 4) is 0 Å². The van der Waals surface area contributed by atoms with Crippen LogP contribution in [-0.4, -0.2) is 29.9 Å². The van der Waals surface area contributed by atoms with Crippen molar-refractivity contribution in [2.75, 3.05) is 13.1 Å². The minimum atomic E-state index is 0.373. The van der Waals surface area contributed by atoms with Crippen LogP contribution in [0.5, 0.6) is 0 Å². The van der Waals surface area contributed by atoms with Gasteiger partial charge >= 0.3 is 0 Å². The minimum absolute atomic E-state index is 0.373. The van der Waals surface area contributed by atoms with Crippen LogP contribution in [-0.2, 0) is 4.79 Å². The van der Waals surface area contributed by atoms with Crippen LogP contribution in [0.4, 0.5) is 0 Å². The molecule has 3 heteroatoms. The first-order valence-electron chi connectivity index (χ1n) is 5.33. The van der Waals surface area contributed by atoms with E-state index in [2.05, 4.69) is 4.90 Å². The Kier molecular flexibility index (Phi) is 2.54. The number of nitrogens with zero attached hydrogens (tertiary/aromatic N) is 1. The third-order valence-electron chi connectivity index (χ3n) is 2.80. The molecular formula is C10H18N2O. The van der Waals surface area contributed by atoms with Crippen molar-refractivity contribution in [1.82, 2.24) is 4.90 Å². The van der Waals surface area contributed by atoms with Gasteiger partial charge in [-0.25, -0.2) is 0 Å². The van der Waals surface area contributed by atoms with Gasteiger partial charge in [0.25, 0.3) is 0 Å². The lowest BCUT2D eigenvalue weighted by atomic mass is 10.3. The molecule has 0 atom stereocenters. The number of nitrogens with two attached hydrogens (primary N) is 1. The predicted molar refractivity (Wildman–Crippen MR) is 51.1 cm³/mol. The molecule has 1 amide bonds. The van der Waals surface area contributed by atoms with Crippen molar-refractivity contribution in [2.45, 2.75) is 38.1 Å².